The second kappa shape index (κ2) is 3.02. The Kier molecular flexibility index (Phi) is 1.72. The van der Waals surface area contributed by atoms with Crippen molar-refractivity contribution in [1.82, 2.24) is 25.6 Å². The topological polar surface area (TPSA) is 104 Å². The first kappa shape index (κ1) is 7.42. The Hall–Kier alpha value is -2.23. The summed E-state index contributed by atoms with van der Waals surface area (Å²) in [7, 11) is 0. The fourth-order valence-corrected chi connectivity index (χ4v) is 0.808. The first-order chi connectivity index (χ1) is 6.40. The van der Waals surface area contributed by atoms with Gasteiger partial charge in [0.25, 0.3) is 0 Å². The maximum absolute atomic E-state index is 8.35. The molecule has 0 saturated carbocycles. The number of rotatable bonds is 2. The molecule has 2 heterocycles. The smallest absolute Gasteiger partial charge is 0.241 e. The molecule has 13 heavy (non-hydrogen) atoms. The number of hydrogen-bond donors (Lipinski definition) is 1. The van der Waals surface area contributed by atoms with Crippen LogP contribution in [-0.4, -0.2) is 25.6 Å². The molecule has 0 bridgehead atoms. The maximum Gasteiger partial charge on any atom is 0.241 e. The lowest BCUT2D eigenvalue weighted by molar-refractivity contribution is 0.387. The third-order valence-electron chi connectivity index (χ3n) is 1.34. The summed E-state index contributed by atoms with van der Waals surface area (Å²) in [6.45, 7) is 0. The summed E-state index contributed by atoms with van der Waals surface area (Å²) in [6.07, 6.45) is 1.58. The molecule has 0 aliphatic heterocycles. The lowest BCUT2D eigenvalue weighted by atomic mass is 10.4. The van der Waals surface area contributed by atoms with E-state index in [0.717, 1.165) is 0 Å². The molecule has 1 N–H and O–H groups in total. The van der Waals surface area contributed by atoms with Crippen LogP contribution in [0.15, 0.2) is 10.7 Å². The lowest BCUT2D eigenvalue weighted by Crippen LogP contribution is -1.82. The Bertz CT molecular complexity index is 424. The van der Waals surface area contributed by atoms with Gasteiger partial charge in [0.05, 0.1) is 12.3 Å². The van der Waals surface area contributed by atoms with Crippen molar-refractivity contribution in [2.24, 2.45) is 0 Å². The summed E-state index contributed by atoms with van der Waals surface area (Å²) in [6, 6.07) is 1.90. The van der Waals surface area contributed by atoms with Crippen LogP contribution in [0.3, 0.4) is 0 Å². The highest BCUT2D eigenvalue weighted by atomic mass is 16.5. The Balaban J connectivity index is 2.29. The van der Waals surface area contributed by atoms with E-state index < -0.39 is 0 Å². The third kappa shape index (κ3) is 1.37. The summed E-state index contributed by atoms with van der Waals surface area (Å²) in [5.41, 5.74) is 0.493. The van der Waals surface area contributed by atoms with Crippen molar-refractivity contribution >= 4 is 0 Å². The van der Waals surface area contributed by atoms with Gasteiger partial charge in [0, 0.05) is 0 Å². The van der Waals surface area contributed by atoms with Gasteiger partial charge in [-0.2, -0.15) is 25.7 Å². The quantitative estimate of drug-likeness (QED) is 0.686. The van der Waals surface area contributed by atoms with Crippen LogP contribution in [0.2, 0.25) is 0 Å². The summed E-state index contributed by atoms with van der Waals surface area (Å²) >= 11 is 0. The Morgan fingerprint density at radius 3 is 3.23 bits per heavy atom. The fourth-order valence-electron chi connectivity index (χ4n) is 0.808. The summed E-state index contributed by atoms with van der Waals surface area (Å²) in [5, 5.41) is 21.7. The molecular formula is C6H4N6O. The highest BCUT2D eigenvalue weighted by Crippen LogP contribution is 2.09. The van der Waals surface area contributed by atoms with E-state index in [9.17, 15) is 0 Å². The molecule has 0 unspecified atom stereocenters. The van der Waals surface area contributed by atoms with Crippen LogP contribution in [0.25, 0.3) is 11.5 Å². The number of nitrogens with one attached hydrogen (secondary N) is 1. The van der Waals surface area contributed by atoms with Gasteiger partial charge in [0.2, 0.25) is 11.7 Å². The minimum atomic E-state index is 0.102. The van der Waals surface area contributed by atoms with Gasteiger partial charge < -0.3 is 4.52 Å². The second-order valence-electron chi connectivity index (χ2n) is 2.20. The molecule has 64 valence electrons. The zero-order valence-corrected chi connectivity index (χ0v) is 6.43. The lowest BCUT2D eigenvalue weighted by Gasteiger charge is -1.78. The van der Waals surface area contributed by atoms with Crippen molar-refractivity contribution < 1.29 is 4.52 Å². The number of hydrogen-bond acceptors (Lipinski definition) is 6. The predicted molar refractivity (Wildman–Crippen MR) is 39.0 cm³/mol. The molecule has 2 aromatic heterocycles. The monoisotopic (exact) mass is 176 g/mol. The van der Waals surface area contributed by atoms with E-state index in [1.165, 1.54) is 6.20 Å². The number of nitriles is 1. The van der Waals surface area contributed by atoms with Crippen LogP contribution in [0.4, 0.5) is 0 Å². The van der Waals surface area contributed by atoms with Gasteiger partial charge in [0.1, 0.15) is 6.42 Å². The van der Waals surface area contributed by atoms with E-state index in [1.54, 1.807) is 0 Å². The minimum absolute atomic E-state index is 0.102. The Labute approximate surface area is 72.4 Å². The largest absolute Gasteiger partial charge is 0.338 e. The van der Waals surface area contributed by atoms with Crippen molar-refractivity contribution in [3.05, 3.63) is 12.1 Å². The zero-order valence-electron chi connectivity index (χ0n) is 6.43. The Morgan fingerprint density at radius 1 is 1.62 bits per heavy atom. The van der Waals surface area contributed by atoms with Crippen molar-refractivity contribution in [3.8, 4) is 17.6 Å². The van der Waals surface area contributed by atoms with Crippen molar-refractivity contribution in [2.75, 3.05) is 0 Å². The fraction of sp³-hybridized carbons (Fsp3) is 0.167. The normalized spacial score (nSPS) is 9.77. The van der Waals surface area contributed by atoms with E-state index in [-0.39, 0.29) is 12.3 Å². The molecule has 0 fully saturated rings. The SMILES string of the molecule is N#CCc1nc(-c2cn[nH]n2)no1. The van der Waals surface area contributed by atoms with E-state index in [4.69, 9.17) is 9.78 Å². The van der Waals surface area contributed by atoms with Gasteiger partial charge >= 0.3 is 0 Å². The minimum Gasteiger partial charge on any atom is -0.338 e. The van der Waals surface area contributed by atoms with Crippen LogP contribution >= 0.6 is 0 Å². The molecule has 0 atom stereocenters. The molecule has 0 aromatic carbocycles. The van der Waals surface area contributed by atoms with Gasteiger partial charge in [-0.1, -0.05) is 5.16 Å². The molecule has 0 spiro atoms. The maximum atomic E-state index is 8.35. The van der Waals surface area contributed by atoms with Crippen LogP contribution in [-0.2, 0) is 6.42 Å². The average molecular weight is 176 g/mol. The summed E-state index contributed by atoms with van der Waals surface area (Å²) in [5.74, 6) is 0.611. The molecule has 0 radical (unpaired) electrons. The average Bonchev–Trinajstić information content (AvgIpc) is 2.70. The molecule has 2 aromatic rings. The Morgan fingerprint density at radius 2 is 2.54 bits per heavy atom. The first-order valence-electron chi connectivity index (χ1n) is 3.46. The van der Waals surface area contributed by atoms with Gasteiger partial charge in [-0.05, 0) is 0 Å². The van der Waals surface area contributed by atoms with Crippen LogP contribution in [0.5, 0.6) is 0 Å². The molecule has 7 nitrogen and oxygen atoms in total. The molecule has 7 heteroatoms. The van der Waals surface area contributed by atoms with Crippen molar-refractivity contribution in [3.63, 3.8) is 0 Å². The third-order valence-corrected chi connectivity index (χ3v) is 1.34. The number of H-pyrrole nitrogens is 1. The van der Waals surface area contributed by atoms with Crippen LogP contribution < -0.4 is 0 Å². The molecule has 0 aliphatic rings. The van der Waals surface area contributed by atoms with E-state index in [0.29, 0.717) is 11.5 Å². The zero-order chi connectivity index (χ0) is 9.10. The highest BCUT2D eigenvalue weighted by Gasteiger charge is 2.09. The van der Waals surface area contributed by atoms with Crippen molar-refractivity contribution in [1.29, 1.82) is 5.26 Å². The van der Waals surface area contributed by atoms with E-state index >= 15 is 0 Å². The summed E-state index contributed by atoms with van der Waals surface area (Å²) in [4.78, 5) is 3.92. The van der Waals surface area contributed by atoms with Crippen LogP contribution in [0.1, 0.15) is 5.89 Å². The molecule has 0 saturated heterocycles. The van der Waals surface area contributed by atoms with Crippen molar-refractivity contribution in [2.45, 2.75) is 6.42 Å². The second-order valence-corrected chi connectivity index (χ2v) is 2.20. The molecular weight excluding hydrogens is 172 g/mol. The first-order valence-corrected chi connectivity index (χ1v) is 3.46. The number of nitrogens with zero attached hydrogens (tertiary/aromatic N) is 5. The van der Waals surface area contributed by atoms with E-state index in [1.807, 2.05) is 6.07 Å². The van der Waals surface area contributed by atoms with Gasteiger partial charge in [-0.3, -0.25) is 0 Å². The highest BCUT2D eigenvalue weighted by molar-refractivity contribution is 5.44. The molecule has 2 rings (SSSR count). The predicted octanol–water partition coefficient (Wildman–Crippen LogP) is -0.0792. The molecule has 0 aliphatic carbocycles. The molecule has 0 amide bonds. The van der Waals surface area contributed by atoms with Gasteiger partial charge in [-0.15, -0.1) is 0 Å². The van der Waals surface area contributed by atoms with Crippen LogP contribution in [0, 0.1) is 11.3 Å². The number of aromatic amines is 1. The van der Waals surface area contributed by atoms with Gasteiger partial charge in [0.15, 0.2) is 5.69 Å². The standard InChI is InChI=1S/C6H4N6O/c7-2-1-5-9-6(11-13-5)4-3-8-12-10-4/h3H,1H2,(H,8,10,12). The van der Waals surface area contributed by atoms with Gasteiger partial charge in [-0.25, -0.2) is 0 Å². The number of aromatic nitrogens is 5. The summed E-state index contributed by atoms with van der Waals surface area (Å²) < 4.78 is 4.76. The van der Waals surface area contributed by atoms with E-state index in [2.05, 4.69) is 25.6 Å².